The van der Waals surface area contributed by atoms with Crippen molar-refractivity contribution in [1.29, 1.82) is 0 Å². The maximum Gasteiger partial charge on any atom is 0.102 e. The third-order valence-electron chi connectivity index (χ3n) is 3.43. The van der Waals surface area contributed by atoms with Crippen LogP contribution in [0, 0.1) is 6.92 Å². The normalized spacial score (nSPS) is 23.7. The zero-order chi connectivity index (χ0) is 13.1. The van der Waals surface area contributed by atoms with Crippen LogP contribution in [-0.4, -0.2) is 49.6 Å². The molecule has 0 saturated carbocycles. The molecule has 1 aliphatic rings. The Balaban J connectivity index is 2.24. The first-order valence-corrected chi connectivity index (χ1v) is 6.06. The van der Waals surface area contributed by atoms with Crippen LogP contribution in [0.3, 0.4) is 0 Å². The van der Waals surface area contributed by atoms with Gasteiger partial charge in [0.1, 0.15) is 12.2 Å². The van der Waals surface area contributed by atoms with Gasteiger partial charge in [-0.2, -0.15) is 0 Å². The molecular formula is C13H20N2O3. The lowest BCUT2D eigenvalue weighted by Gasteiger charge is -2.21. The minimum atomic E-state index is -0.00554. The highest BCUT2D eigenvalue weighted by atomic mass is 16.5. The third-order valence-corrected chi connectivity index (χ3v) is 3.43. The fourth-order valence-corrected chi connectivity index (χ4v) is 2.38. The van der Waals surface area contributed by atoms with Crippen LogP contribution in [0.1, 0.15) is 11.3 Å². The lowest BCUT2D eigenvalue weighted by Crippen LogP contribution is -2.27. The van der Waals surface area contributed by atoms with Crippen LogP contribution in [0.15, 0.2) is 12.3 Å². The van der Waals surface area contributed by atoms with E-state index in [9.17, 15) is 5.11 Å². The average Bonchev–Trinajstić information content (AvgIpc) is 2.81. The number of aliphatic hydroxyl groups is 1. The third kappa shape index (κ3) is 2.48. The van der Waals surface area contributed by atoms with Crippen molar-refractivity contribution in [1.82, 2.24) is 4.98 Å². The number of hydrogen-bond donors (Lipinski definition) is 1. The highest BCUT2D eigenvalue weighted by Crippen LogP contribution is 2.27. The number of rotatable bonds is 4. The highest BCUT2D eigenvalue weighted by Gasteiger charge is 2.33. The van der Waals surface area contributed by atoms with Gasteiger partial charge in [-0.05, 0) is 13.0 Å². The topological polar surface area (TPSA) is 54.8 Å². The van der Waals surface area contributed by atoms with E-state index in [0.717, 1.165) is 30.0 Å². The van der Waals surface area contributed by atoms with Gasteiger partial charge < -0.3 is 19.5 Å². The maximum atomic E-state index is 9.39. The predicted molar refractivity (Wildman–Crippen MR) is 68.7 cm³/mol. The van der Waals surface area contributed by atoms with Crippen molar-refractivity contribution < 1.29 is 14.6 Å². The van der Waals surface area contributed by atoms with E-state index in [1.165, 1.54) is 0 Å². The minimum Gasteiger partial charge on any atom is -0.392 e. The number of aliphatic hydroxyl groups excluding tert-OH is 1. The van der Waals surface area contributed by atoms with Crippen molar-refractivity contribution in [3.8, 4) is 0 Å². The Kier molecular flexibility index (Phi) is 4.16. The summed E-state index contributed by atoms with van der Waals surface area (Å²) in [6, 6.07) is 2.00. The SMILES string of the molecule is COC1CN(c2cc(C)ncc2CO)CC1OC. The Hall–Kier alpha value is -1.17. The summed E-state index contributed by atoms with van der Waals surface area (Å²) in [7, 11) is 3.40. The zero-order valence-electron chi connectivity index (χ0n) is 11.1. The molecule has 0 aromatic carbocycles. The Morgan fingerprint density at radius 2 is 1.94 bits per heavy atom. The molecule has 5 heteroatoms. The summed E-state index contributed by atoms with van der Waals surface area (Å²) < 4.78 is 10.9. The van der Waals surface area contributed by atoms with E-state index in [4.69, 9.17) is 9.47 Å². The molecule has 18 heavy (non-hydrogen) atoms. The van der Waals surface area contributed by atoms with Crippen LogP contribution in [0.2, 0.25) is 0 Å². The lowest BCUT2D eigenvalue weighted by molar-refractivity contribution is -0.00461. The molecule has 0 spiro atoms. The summed E-state index contributed by atoms with van der Waals surface area (Å²) in [6.45, 7) is 3.48. The van der Waals surface area contributed by atoms with Gasteiger partial charge in [0.25, 0.3) is 0 Å². The van der Waals surface area contributed by atoms with E-state index in [1.54, 1.807) is 20.4 Å². The number of pyridine rings is 1. The van der Waals surface area contributed by atoms with E-state index in [0.29, 0.717) is 0 Å². The molecule has 0 bridgehead atoms. The second-order valence-electron chi connectivity index (χ2n) is 4.57. The molecule has 2 heterocycles. The van der Waals surface area contributed by atoms with Crippen LogP contribution in [0.25, 0.3) is 0 Å². The molecule has 1 saturated heterocycles. The number of hydrogen-bond acceptors (Lipinski definition) is 5. The van der Waals surface area contributed by atoms with Gasteiger partial charge in [0.05, 0.1) is 6.61 Å². The van der Waals surface area contributed by atoms with Crippen LogP contribution in [0.4, 0.5) is 5.69 Å². The van der Waals surface area contributed by atoms with Crippen molar-refractivity contribution in [2.45, 2.75) is 25.7 Å². The first-order chi connectivity index (χ1) is 8.69. The van der Waals surface area contributed by atoms with Gasteiger partial charge in [-0.25, -0.2) is 0 Å². The fraction of sp³-hybridized carbons (Fsp3) is 0.615. The molecule has 1 aliphatic heterocycles. The number of aryl methyl sites for hydroxylation is 1. The standard InChI is InChI=1S/C13H20N2O3/c1-9-4-11(10(8-16)5-14-9)15-6-12(17-2)13(7-15)18-3/h4-5,12-13,16H,6-8H2,1-3H3. The van der Waals surface area contributed by atoms with E-state index in [2.05, 4.69) is 9.88 Å². The van der Waals surface area contributed by atoms with Gasteiger partial charge in [0.15, 0.2) is 0 Å². The number of aromatic nitrogens is 1. The quantitative estimate of drug-likeness (QED) is 0.856. The minimum absolute atomic E-state index is 0.00554. The number of anilines is 1. The number of ether oxygens (including phenoxy) is 2. The molecule has 100 valence electrons. The summed E-state index contributed by atoms with van der Waals surface area (Å²) in [5, 5.41) is 9.39. The second kappa shape index (κ2) is 5.65. The van der Waals surface area contributed by atoms with Crippen LogP contribution < -0.4 is 4.90 Å². The summed E-state index contributed by atoms with van der Waals surface area (Å²) in [5.74, 6) is 0. The zero-order valence-corrected chi connectivity index (χ0v) is 11.1. The van der Waals surface area contributed by atoms with Gasteiger partial charge in [-0.15, -0.1) is 0 Å². The van der Waals surface area contributed by atoms with Gasteiger partial charge in [0, 0.05) is 50.5 Å². The van der Waals surface area contributed by atoms with Crippen molar-refractivity contribution in [2.24, 2.45) is 0 Å². The van der Waals surface area contributed by atoms with Crippen molar-refractivity contribution in [3.05, 3.63) is 23.5 Å². The molecular weight excluding hydrogens is 232 g/mol. The van der Waals surface area contributed by atoms with Gasteiger partial charge in [-0.3, -0.25) is 4.98 Å². The molecule has 2 rings (SSSR count). The monoisotopic (exact) mass is 252 g/mol. The maximum absolute atomic E-state index is 9.39. The highest BCUT2D eigenvalue weighted by molar-refractivity contribution is 5.54. The molecule has 0 radical (unpaired) electrons. The van der Waals surface area contributed by atoms with E-state index in [-0.39, 0.29) is 18.8 Å². The van der Waals surface area contributed by atoms with Crippen LogP contribution in [-0.2, 0) is 16.1 Å². The smallest absolute Gasteiger partial charge is 0.102 e. The lowest BCUT2D eigenvalue weighted by atomic mass is 10.2. The number of nitrogens with zero attached hydrogens (tertiary/aromatic N) is 2. The van der Waals surface area contributed by atoms with E-state index >= 15 is 0 Å². The molecule has 0 amide bonds. The first-order valence-electron chi connectivity index (χ1n) is 6.06. The van der Waals surface area contributed by atoms with E-state index < -0.39 is 0 Å². The Morgan fingerprint density at radius 1 is 1.33 bits per heavy atom. The van der Waals surface area contributed by atoms with Crippen molar-refractivity contribution >= 4 is 5.69 Å². The molecule has 5 nitrogen and oxygen atoms in total. The summed E-state index contributed by atoms with van der Waals surface area (Å²) in [4.78, 5) is 6.39. The molecule has 1 N–H and O–H groups in total. The van der Waals surface area contributed by atoms with Crippen LogP contribution >= 0.6 is 0 Å². The predicted octanol–water partition coefficient (Wildman–Crippen LogP) is 0.732. The Bertz CT molecular complexity index is 399. The second-order valence-corrected chi connectivity index (χ2v) is 4.57. The molecule has 2 unspecified atom stereocenters. The molecule has 2 atom stereocenters. The average molecular weight is 252 g/mol. The fourth-order valence-electron chi connectivity index (χ4n) is 2.38. The Morgan fingerprint density at radius 3 is 2.44 bits per heavy atom. The van der Waals surface area contributed by atoms with Gasteiger partial charge >= 0.3 is 0 Å². The van der Waals surface area contributed by atoms with E-state index in [1.807, 2.05) is 13.0 Å². The number of methoxy groups -OCH3 is 2. The summed E-state index contributed by atoms with van der Waals surface area (Å²) in [6.07, 6.45) is 1.86. The summed E-state index contributed by atoms with van der Waals surface area (Å²) >= 11 is 0. The van der Waals surface area contributed by atoms with Crippen LogP contribution in [0.5, 0.6) is 0 Å². The molecule has 0 aliphatic carbocycles. The van der Waals surface area contributed by atoms with Crippen molar-refractivity contribution in [3.63, 3.8) is 0 Å². The summed E-state index contributed by atoms with van der Waals surface area (Å²) in [5.41, 5.74) is 2.80. The molecule has 1 aromatic heterocycles. The van der Waals surface area contributed by atoms with Gasteiger partial charge in [0.2, 0.25) is 0 Å². The molecule has 1 aromatic rings. The van der Waals surface area contributed by atoms with Gasteiger partial charge in [-0.1, -0.05) is 0 Å². The largest absolute Gasteiger partial charge is 0.392 e. The molecule has 1 fully saturated rings. The first kappa shape index (κ1) is 13.3. The van der Waals surface area contributed by atoms with Crippen molar-refractivity contribution in [2.75, 3.05) is 32.2 Å². The Labute approximate surface area is 107 Å².